The van der Waals surface area contributed by atoms with Gasteiger partial charge in [-0.15, -0.1) is 12.4 Å². The third kappa shape index (κ3) is 4.33. The molecule has 0 radical (unpaired) electrons. The summed E-state index contributed by atoms with van der Waals surface area (Å²) < 4.78 is 0. The Morgan fingerprint density at radius 1 is 0.857 bits per heavy atom. The van der Waals surface area contributed by atoms with Gasteiger partial charge in [-0.25, -0.2) is 0 Å². The van der Waals surface area contributed by atoms with Crippen LogP contribution < -0.4 is 5.32 Å². The second kappa shape index (κ2) is 8.35. The molecule has 0 aromatic heterocycles. The standard InChI is InChI=1S/C16H29N3O.ClH/c20-16(14-6-8-17-9-7-14)19-12-10-18(11-13-19)15-4-2-1-3-5-15;/h14-15,17H,1-13H2;1H. The molecule has 0 aromatic rings. The quantitative estimate of drug-likeness (QED) is 0.845. The van der Waals surface area contributed by atoms with Crippen molar-refractivity contribution in [2.45, 2.75) is 51.0 Å². The molecule has 3 fully saturated rings. The van der Waals surface area contributed by atoms with Crippen LogP contribution in [0.25, 0.3) is 0 Å². The first-order valence-electron chi connectivity index (χ1n) is 8.58. The average molecular weight is 316 g/mol. The number of piperazine rings is 1. The van der Waals surface area contributed by atoms with E-state index in [2.05, 4.69) is 15.1 Å². The Balaban J connectivity index is 0.00000161. The van der Waals surface area contributed by atoms with Crippen molar-refractivity contribution in [3.63, 3.8) is 0 Å². The predicted molar refractivity (Wildman–Crippen MR) is 87.9 cm³/mol. The SMILES string of the molecule is Cl.O=C(C1CCNCC1)N1CCN(C2CCCCC2)CC1. The zero-order chi connectivity index (χ0) is 13.8. The maximum Gasteiger partial charge on any atom is 0.225 e. The number of rotatable bonds is 2. The monoisotopic (exact) mass is 315 g/mol. The van der Waals surface area contributed by atoms with Gasteiger partial charge < -0.3 is 10.2 Å². The summed E-state index contributed by atoms with van der Waals surface area (Å²) in [6, 6.07) is 0.805. The summed E-state index contributed by atoms with van der Waals surface area (Å²) in [5.41, 5.74) is 0. The number of carbonyl (C=O) groups is 1. The van der Waals surface area contributed by atoms with Crippen LogP contribution in [0, 0.1) is 5.92 Å². The molecule has 0 bridgehead atoms. The molecule has 0 atom stereocenters. The highest BCUT2D eigenvalue weighted by atomic mass is 35.5. The molecule has 21 heavy (non-hydrogen) atoms. The molecule has 2 saturated heterocycles. The van der Waals surface area contributed by atoms with E-state index in [0.29, 0.717) is 5.91 Å². The molecule has 2 aliphatic heterocycles. The lowest BCUT2D eigenvalue weighted by atomic mass is 9.93. The molecule has 2 heterocycles. The van der Waals surface area contributed by atoms with Crippen molar-refractivity contribution in [2.75, 3.05) is 39.3 Å². The molecular formula is C16H30ClN3O. The van der Waals surface area contributed by atoms with Gasteiger partial charge in [-0.1, -0.05) is 19.3 Å². The van der Waals surface area contributed by atoms with Crippen molar-refractivity contribution >= 4 is 18.3 Å². The predicted octanol–water partition coefficient (Wildman–Crippen LogP) is 1.88. The van der Waals surface area contributed by atoms with Crippen molar-refractivity contribution < 1.29 is 4.79 Å². The molecule has 122 valence electrons. The molecule has 4 nitrogen and oxygen atoms in total. The smallest absolute Gasteiger partial charge is 0.225 e. The molecule has 0 aromatic carbocycles. The second-order valence-corrected chi connectivity index (χ2v) is 6.68. The molecular weight excluding hydrogens is 286 g/mol. The van der Waals surface area contributed by atoms with Gasteiger partial charge in [0.05, 0.1) is 0 Å². The molecule has 0 unspecified atom stereocenters. The van der Waals surface area contributed by atoms with Crippen LogP contribution in [0.15, 0.2) is 0 Å². The average Bonchev–Trinajstić information content (AvgIpc) is 2.56. The number of halogens is 1. The lowest BCUT2D eigenvalue weighted by Gasteiger charge is -2.41. The van der Waals surface area contributed by atoms with E-state index in [1.54, 1.807) is 0 Å². The highest BCUT2D eigenvalue weighted by Crippen LogP contribution is 2.24. The van der Waals surface area contributed by atoms with Gasteiger partial charge in [0.1, 0.15) is 0 Å². The maximum absolute atomic E-state index is 12.5. The highest BCUT2D eigenvalue weighted by Gasteiger charge is 2.30. The molecule has 3 aliphatic rings. The van der Waals surface area contributed by atoms with E-state index >= 15 is 0 Å². The minimum atomic E-state index is 0. The van der Waals surface area contributed by atoms with Gasteiger partial charge in [-0.3, -0.25) is 9.69 Å². The summed E-state index contributed by atoms with van der Waals surface area (Å²) in [6.07, 6.45) is 9.04. The van der Waals surface area contributed by atoms with E-state index in [4.69, 9.17) is 0 Å². The normalized spacial score (nSPS) is 26.4. The fourth-order valence-corrected chi connectivity index (χ4v) is 4.08. The summed E-state index contributed by atoms with van der Waals surface area (Å²) in [6.45, 7) is 6.14. The van der Waals surface area contributed by atoms with Crippen LogP contribution in [0.1, 0.15) is 44.9 Å². The fourth-order valence-electron chi connectivity index (χ4n) is 4.08. The summed E-state index contributed by atoms with van der Waals surface area (Å²) in [4.78, 5) is 17.3. The first-order chi connectivity index (χ1) is 9.84. The van der Waals surface area contributed by atoms with Crippen LogP contribution in [0.5, 0.6) is 0 Å². The molecule has 1 amide bonds. The van der Waals surface area contributed by atoms with Gasteiger partial charge in [0.15, 0.2) is 0 Å². The molecule has 1 aliphatic carbocycles. The van der Waals surface area contributed by atoms with Crippen LogP contribution in [0.2, 0.25) is 0 Å². The third-order valence-corrected chi connectivity index (χ3v) is 5.41. The van der Waals surface area contributed by atoms with Crippen molar-refractivity contribution in [1.29, 1.82) is 0 Å². The van der Waals surface area contributed by atoms with E-state index in [-0.39, 0.29) is 18.3 Å². The van der Waals surface area contributed by atoms with Gasteiger partial charge >= 0.3 is 0 Å². The van der Waals surface area contributed by atoms with E-state index in [0.717, 1.165) is 58.2 Å². The Hall–Kier alpha value is -0.320. The molecule has 1 N–H and O–H groups in total. The summed E-state index contributed by atoms with van der Waals surface area (Å²) >= 11 is 0. The number of hydrogen-bond acceptors (Lipinski definition) is 3. The Morgan fingerprint density at radius 3 is 2.10 bits per heavy atom. The van der Waals surface area contributed by atoms with Crippen molar-refractivity contribution in [2.24, 2.45) is 5.92 Å². The Labute approximate surface area is 135 Å². The van der Waals surface area contributed by atoms with Crippen LogP contribution in [-0.4, -0.2) is 61.0 Å². The van der Waals surface area contributed by atoms with E-state index in [1.807, 2.05) is 0 Å². The van der Waals surface area contributed by atoms with Crippen LogP contribution in [0.4, 0.5) is 0 Å². The third-order valence-electron chi connectivity index (χ3n) is 5.41. The zero-order valence-corrected chi connectivity index (χ0v) is 13.9. The summed E-state index contributed by atoms with van der Waals surface area (Å²) in [7, 11) is 0. The molecule has 1 saturated carbocycles. The number of nitrogens with one attached hydrogen (secondary N) is 1. The largest absolute Gasteiger partial charge is 0.340 e. The van der Waals surface area contributed by atoms with Gasteiger partial charge in [0, 0.05) is 38.1 Å². The van der Waals surface area contributed by atoms with Crippen molar-refractivity contribution in [3.05, 3.63) is 0 Å². The van der Waals surface area contributed by atoms with Crippen molar-refractivity contribution in [1.82, 2.24) is 15.1 Å². The van der Waals surface area contributed by atoms with E-state index in [9.17, 15) is 4.79 Å². The van der Waals surface area contributed by atoms with Gasteiger partial charge in [0.2, 0.25) is 5.91 Å². The number of hydrogen-bond donors (Lipinski definition) is 1. The number of nitrogens with zero attached hydrogens (tertiary/aromatic N) is 2. The molecule has 3 rings (SSSR count). The van der Waals surface area contributed by atoms with Crippen molar-refractivity contribution in [3.8, 4) is 0 Å². The first kappa shape index (κ1) is 17.0. The Bertz CT molecular complexity index is 319. The van der Waals surface area contributed by atoms with E-state index < -0.39 is 0 Å². The number of piperidine rings is 1. The minimum Gasteiger partial charge on any atom is -0.340 e. The number of amides is 1. The Morgan fingerprint density at radius 2 is 1.48 bits per heavy atom. The van der Waals surface area contributed by atoms with Crippen LogP contribution >= 0.6 is 12.4 Å². The molecule has 0 spiro atoms. The van der Waals surface area contributed by atoms with Gasteiger partial charge in [0.25, 0.3) is 0 Å². The zero-order valence-electron chi connectivity index (χ0n) is 13.1. The minimum absolute atomic E-state index is 0. The number of carbonyl (C=O) groups excluding carboxylic acids is 1. The Kier molecular flexibility index (Phi) is 6.77. The van der Waals surface area contributed by atoms with Crippen LogP contribution in [0.3, 0.4) is 0 Å². The highest BCUT2D eigenvalue weighted by molar-refractivity contribution is 5.85. The van der Waals surface area contributed by atoms with Gasteiger partial charge in [-0.2, -0.15) is 0 Å². The maximum atomic E-state index is 12.5. The van der Waals surface area contributed by atoms with Gasteiger partial charge in [-0.05, 0) is 38.8 Å². The fraction of sp³-hybridized carbons (Fsp3) is 0.938. The second-order valence-electron chi connectivity index (χ2n) is 6.68. The van der Waals surface area contributed by atoms with Crippen LogP contribution in [-0.2, 0) is 4.79 Å². The van der Waals surface area contributed by atoms with E-state index in [1.165, 1.54) is 32.1 Å². The topological polar surface area (TPSA) is 35.6 Å². The summed E-state index contributed by atoms with van der Waals surface area (Å²) in [5, 5.41) is 3.34. The summed E-state index contributed by atoms with van der Waals surface area (Å²) in [5.74, 6) is 0.715. The lowest BCUT2D eigenvalue weighted by Crippen LogP contribution is -2.54. The molecule has 5 heteroatoms. The lowest BCUT2D eigenvalue weighted by molar-refractivity contribution is -0.138. The first-order valence-corrected chi connectivity index (χ1v) is 8.58.